The Morgan fingerprint density at radius 1 is 1.36 bits per heavy atom. The molecular weight excluding hydrogens is 320 g/mol. The van der Waals surface area contributed by atoms with Gasteiger partial charge in [-0.1, -0.05) is 6.07 Å². The highest BCUT2D eigenvalue weighted by molar-refractivity contribution is 5.92. The van der Waals surface area contributed by atoms with Crippen molar-refractivity contribution in [3.8, 4) is 0 Å². The molecule has 4 rings (SSSR count). The van der Waals surface area contributed by atoms with Crippen LogP contribution in [0.3, 0.4) is 0 Å². The number of carbonyl (C=O) groups excluding carboxylic acids is 1. The third-order valence-electron chi connectivity index (χ3n) is 4.63. The first-order valence-corrected chi connectivity index (χ1v) is 8.75. The number of pyridine rings is 1. The maximum Gasteiger partial charge on any atom is 0.272 e. The third kappa shape index (κ3) is 4.05. The zero-order valence-corrected chi connectivity index (χ0v) is 14.0. The van der Waals surface area contributed by atoms with Crippen LogP contribution in [-0.4, -0.2) is 46.4 Å². The summed E-state index contributed by atoms with van der Waals surface area (Å²) in [5, 5.41) is 10.1. The first-order chi connectivity index (χ1) is 12.3. The van der Waals surface area contributed by atoms with Crippen molar-refractivity contribution in [3.05, 3.63) is 47.5 Å². The molecule has 3 heterocycles. The number of H-pyrrole nitrogens is 1. The van der Waals surface area contributed by atoms with Crippen molar-refractivity contribution < 1.29 is 14.3 Å². The van der Waals surface area contributed by atoms with Crippen LogP contribution in [0.15, 0.2) is 30.5 Å². The second kappa shape index (κ2) is 7.33. The van der Waals surface area contributed by atoms with Gasteiger partial charge in [0.25, 0.3) is 5.91 Å². The summed E-state index contributed by atoms with van der Waals surface area (Å²) in [6, 6.07) is 7.40. The van der Waals surface area contributed by atoms with Gasteiger partial charge in [0.1, 0.15) is 5.69 Å². The standard InChI is InChI=1S/C18H22N4O3/c23-18(15-9-14(21-22-15)12-4-5-12)20-16-11-24-8-6-17(16)25-10-13-3-1-2-7-19-13/h1-3,7,9,12,16-17H,4-6,8,10-11H2,(H,20,23)(H,21,22)/t16-,17-/m1/s1. The highest BCUT2D eigenvalue weighted by Crippen LogP contribution is 2.38. The summed E-state index contributed by atoms with van der Waals surface area (Å²) in [6.07, 6.45) is 4.73. The molecule has 0 aromatic carbocycles. The fraction of sp³-hybridized carbons (Fsp3) is 0.500. The molecule has 1 amide bonds. The van der Waals surface area contributed by atoms with Crippen molar-refractivity contribution in [3.63, 3.8) is 0 Å². The molecule has 2 N–H and O–H groups in total. The predicted octanol–water partition coefficient (Wildman–Crippen LogP) is 1.79. The molecule has 2 aromatic rings. The van der Waals surface area contributed by atoms with E-state index in [1.165, 1.54) is 12.8 Å². The number of nitrogens with one attached hydrogen (secondary N) is 2. The van der Waals surface area contributed by atoms with E-state index in [0.29, 0.717) is 31.4 Å². The smallest absolute Gasteiger partial charge is 0.272 e. The second-order valence-electron chi connectivity index (χ2n) is 6.60. The van der Waals surface area contributed by atoms with E-state index in [1.807, 2.05) is 24.3 Å². The molecule has 1 aliphatic carbocycles. The van der Waals surface area contributed by atoms with E-state index < -0.39 is 0 Å². The summed E-state index contributed by atoms with van der Waals surface area (Å²) in [4.78, 5) is 16.7. The Morgan fingerprint density at radius 2 is 2.28 bits per heavy atom. The Hall–Kier alpha value is -2.25. The minimum atomic E-state index is -0.190. The molecular formula is C18H22N4O3. The Balaban J connectivity index is 1.35. The highest BCUT2D eigenvalue weighted by atomic mass is 16.5. The van der Waals surface area contributed by atoms with Gasteiger partial charge >= 0.3 is 0 Å². The zero-order chi connectivity index (χ0) is 17.1. The number of hydrogen-bond acceptors (Lipinski definition) is 5. The van der Waals surface area contributed by atoms with E-state index in [4.69, 9.17) is 9.47 Å². The third-order valence-corrected chi connectivity index (χ3v) is 4.63. The number of aromatic nitrogens is 3. The van der Waals surface area contributed by atoms with Crippen LogP contribution in [0.25, 0.3) is 0 Å². The molecule has 0 bridgehead atoms. The van der Waals surface area contributed by atoms with Gasteiger partial charge < -0.3 is 14.8 Å². The van der Waals surface area contributed by atoms with Crippen molar-refractivity contribution in [1.29, 1.82) is 0 Å². The zero-order valence-electron chi connectivity index (χ0n) is 14.0. The van der Waals surface area contributed by atoms with Crippen LogP contribution < -0.4 is 5.32 Å². The van der Waals surface area contributed by atoms with Gasteiger partial charge in [-0.15, -0.1) is 0 Å². The first-order valence-electron chi connectivity index (χ1n) is 8.75. The van der Waals surface area contributed by atoms with Gasteiger partial charge in [0.05, 0.1) is 31.1 Å². The van der Waals surface area contributed by atoms with E-state index in [1.54, 1.807) is 6.20 Å². The van der Waals surface area contributed by atoms with Gasteiger partial charge in [-0.2, -0.15) is 5.10 Å². The van der Waals surface area contributed by atoms with Gasteiger partial charge in [-0.3, -0.25) is 14.9 Å². The molecule has 0 radical (unpaired) electrons. The van der Waals surface area contributed by atoms with Crippen LogP contribution >= 0.6 is 0 Å². The van der Waals surface area contributed by atoms with Gasteiger partial charge in [0.15, 0.2) is 0 Å². The number of carbonyl (C=O) groups is 1. The Morgan fingerprint density at radius 3 is 3.08 bits per heavy atom. The monoisotopic (exact) mass is 342 g/mol. The lowest BCUT2D eigenvalue weighted by molar-refractivity contribution is -0.0613. The van der Waals surface area contributed by atoms with Crippen molar-refractivity contribution in [1.82, 2.24) is 20.5 Å². The number of aromatic amines is 1. The Labute approximate surface area is 146 Å². The van der Waals surface area contributed by atoms with Gasteiger partial charge in [0, 0.05) is 24.4 Å². The molecule has 25 heavy (non-hydrogen) atoms. The molecule has 2 aromatic heterocycles. The summed E-state index contributed by atoms with van der Waals surface area (Å²) < 4.78 is 11.5. The molecule has 1 saturated heterocycles. The van der Waals surface area contributed by atoms with E-state index in [9.17, 15) is 4.79 Å². The van der Waals surface area contributed by atoms with Crippen LogP contribution in [0, 0.1) is 0 Å². The number of rotatable bonds is 6. The average molecular weight is 342 g/mol. The maximum atomic E-state index is 12.5. The average Bonchev–Trinajstić information content (AvgIpc) is 3.38. The summed E-state index contributed by atoms with van der Waals surface area (Å²) in [5.74, 6) is 0.353. The number of ether oxygens (including phenoxy) is 2. The quantitative estimate of drug-likeness (QED) is 0.835. The molecule has 2 fully saturated rings. The SMILES string of the molecule is O=C(N[C@@H]1COCC[C@H]1OCc1ccccn1)c1cc(C2CC2)[nH]n1. The lowest BCUT2D eigenvalue weighted by Crippen LogP contribution is -2.50. The molecule has 2 atom stereocenters. The summed E-state index contributed by atoms with van der Waals surface area (Å²) in [7, 11) is 0. The molecule has 1 saturated carbocycles. The second-order valence-corrected chi connectivity index (χ2v) is 6.60. The molecule has 7 heteroatoms. The van der Waals surface area contributed by atoms with Crippen LogP contribution in [0.5, 0.6) is 0 Å². The normalized spacial score (nSPS) is 23.4. The van der Waals surface area contributed by atoms with Crippen molar-refractivity contribution in [2.24, 2.45) is 0 Å². The Bertz CT molecular complexity index is 714. The first kappa shape index (κ1) is 16.2. The van der Waals surface area contributed by atoms with Crippen molar-refractivity contribution in [2.75, 3.05) is 13.2 Å². The number of amides is 1. The van der Waals surface area contributed by atoms with Crippen molar-refractivity contribution >= 4 is 5.91 Å². The molecule has 132 valence electrons. The van der Waals surface area contributed by atoms with Gasteiger partial charge in [0.2, 0.25) is 0 Å². The topological polar surface area (TPSA) is 89.1 Å². The number of nitrogens with zero attached hydrogens (tertiary/aromatic N) is 2. The summed E-state index contributed by atoms with van der Waals surface area (Å²) in [6.45, 7) is 1.50. The summed E-state index contributed by atoms with van der Waals surface area (Å²) in [5.41, 5.74) is 2.35. The van der Waals surface area contributed by atoms with E-state index in [2.05, 4.69) is 20.5 Å². The Kier molecular flexibility index (Phi) is 4.76. The fourth-order valence-corrected chi connectivity index (χ4v) is 3.03. The maximum absolute atomic E-state index is 12.5. The number of hydrogen-bond donors (Lipinski definition) is 2. The molecule has 0 spiro atoms. The summed E-state index contributed by atoms with van der Waals surface area (Å²) >= 11 is 0. The molecule has 0 unspecified atom stereocenters. The van der Waals surface area contributed by atoms with E-state index in [0.717, 1.165) is 17.8 Å². The largest absolute Gasteiger partial charge is 0.379 e. The molecule has 2 aliphatic rings. The van der Waals surface area contributed by atoms with Crippen molar-refractivity contribution in [2.45, 2.75) is 43.9 Å². The van der Waals surface area contributed by atoms with E-state index in [-0.39, 0.29) is 18.1 Å². The van der Waals surface area contributed by atoms with Crippen LogP contribution in [0.1, 0.15) is 47.1 Å². The van der Waals surface area contributed by atoms with Crippen LogP contribution in [-0.2, 0) is 16.1 Å². The molecule has 7 nitrogen and oxygen atoms in total. The molecule has 1 aliphatic heterocycles. The lowest BCUT2D eigenvalue weighted by atomic mass is 10.1. The fourth-order valence-electron chi connectivity index (χ4n) is 3.03. The predicted molar refractivity (Wildman–Crippen MR) is 90.1 cm³/mol. The minimum absolute atomic E-state index is 0.0958. The lowest BCUT2D eigenvalue weighted by Gasteiger charge is -2.31. The van der Waals surface area contributed by atoms with Gasteiger partial charge in [-0.05, 0) is 37.5 Å². The highest BCUT2D eigenvalue weighted by Gasteiger charge is 2.30. The minimum Gasteiger partial charge on any atom is -0.379 e. The van der Waals surface area contributed by atoms with Crippen LogP contribution in [0.2, 0.25) is 0 Å². The van der Waals surface area contributed by atoms with E-state index >= 15 is 0 Å². The van der Waals surface area contributed by atoms with Crippen LogP contribution in [0.4, 0.5) is 0 Å². The van der Waals surface area contributed by atoms with Gasteiger partial charge in [-0.25, -0.2) is 0 Å².